The van der Waals surface area contributed by atoms with Crippen LogP contribution in [0.1, 0.15) is 16.7 Å². The number of carbonyl (C=O) groups excluding carboxylic acids is 2. The summed E-state index contributed by atoms with van der Waals surface area (Å²) < 4.78 is 37.6. The Balaban J connectivity index is 1.62. The molecule has 0 aliphatic carbocycles. The fraction of sp³-hybridized carbons (Fsp3) is 0.394. The second kappa shape index (κ2) is 16.3. The smallest absolute Gasteiger partial charge is 0.243 e. The minimum atomic E-state index is -3.75. The maximum absolute atomic E-state index is 14.2. The van der Waals surface area contributed by atoms with Crippen molar-refractivity contribution >= 4 is 21.8 Å². The van der Waals surface area contributed by atoms with Crippen molar-refractivity contribution < 1.29 is 27.5 Å². The van der Waals surface area contributed by atoms with Gasteiger partial charge in [0.15, 0.2) is 0 Å². The van der Waals surface area contributed by atoms with E-state index in [-0.39, 0.29) is 25.4 Å². The molecule has 0 aromatic heterocycles. The number of rotatable bonds is 15. The van der Waals surface area contributed by atoms with Crippen molar-refractivity contribution in [1.82, 2.24) is 19.4 Å². The van der Waals surface area contributed by atoms with Crippen LogP contribution in [0.4, 0.5) is 0 Å². The van der Waals surface area contributed by atoms with Gasteiger partial charge in [0.1, 0.15) is 11.8 Å². The zero-order valence-electron chi connectivity index (χ0n) is 25.4. The Morgan fingerprint density at radius 1 is 0.886 bits per heavy atom. The number of nitrogens with one attached hydrogen (secondary N) is 1. The first kappa shape index (κ1) is 33.1. The highest BCUT2D eigenvalue weighted by Crippen LogP contribution is 2.19. The van der Waals surface area contributed by atoms with Crippen LogP contribution in [0, 0.1) is 0 Å². The summed E-state index contributed by atoms with van der Waals surface area (Å²) in [7, 11) is -2.17. The van der Waals surface area contributed by atoms with Gasteiger partial charge in [0.2, 0.25) is 21.8 Å². The Bertz CT molecular complexity index is 1430. The van der Waals surface area contributed by atoms with E-state index in [1.807, 2.05) is 72.8 Å². The number of hydrogen-bond donors (Lipinski definition) is 1. The highest BCUT2D eigenvalue weighted by atomic mass is 32.2. The van der Waals surface area contributed by atoms with Crippen molar-refractivity contribution in [3.8, 4) is 5.75 Å². The van der Waals surface area contributed by atoms with E-state index >= 15 is 0 Å². The fourth-order valence-electron chi connectivity index (χ4n) is 5.08. The molecule has 3 aromatic carbocycles. The number of hydrogen-bond acceptors (Lipinski definition) is 7. The SMILES string of the molecule is COc1ccc(CN(C(=O)CN(Cc2ccccc2)S(C)(=O)=O)[C@@H](Cc2ccccc2)C(=O)NCCN2CCOCC2)cc1. The minimum absolute atomic E-state index is 0.0386. The Hall–Kier alpha value is -3.77. The molecule has 1 N–H and O–H groups in total. The van der Waals surface area contributed by atoms with E-state index in [1.165, 1.54) is 4.90 Å². The van der Waals surface area contributed by atoms with Crippen molar-refractivity contribution in [2.75, 3.05) is 59.3 Å². The van der Waals surface area contributed by atoms with E-state index in [9.17, 15) is 18.0 Å². The summed E-state index contributed by atoms with van der Waals surface area (Å²) in [6, 6.07) is 25.0. The summed E-state index contributed by atoms with van der Waals surface area (Å²) in [6.45, 7) is 3.75. The third-order valence-electron chi connectivity index (χ3n) is 7.60. The number of benzene rings is 3. The molecule has 0 unspecified atom stereocenters. The van der Waals surface area contributed by atoms with Gasteiger partial charge in [0, 0.05) is 45.7 Å². The van der Waals surface area contributed by atoms with Crippen molar-refractivity contribution in [3.63, 3.8) is 0 Å². The summed E-state index contributed by atoms with van der Waals surface area (Å²) in [5, 5.41) is 3.05. The molecule has 1 saturated heterocycles. The Morgan fingerprint density at radius 2 is 1.48 bits per heavy atom. The summed E-state index contributed by atoms with van der Waals surface area (Å²) >= 11 is 0. The molecular formula is C33H42N4O6S. The largest absolute Gasteiger partial charge is 0.497 e. The van der Waals surface area contributed by atoms with Crippen LogP contribution >= 0.6 is 0 Å². The van der Waals surface area contributed by atoms with Crippen molar-refractivity contribution in [2.24, 2.45) is 0 Å². The molecule has 44 heavy (non-hydrogen) atoms. The average molecular weight is 623 g/mol. The molecule has 1 heterocycles. The van der Waals surface area contributed by atoms with Crippen LogP contribution in [-0.4, -0.2) is 99.7 Å². The monoisotopic (exact) mass is 622 g/mol. The van der Waals surface area contributed by atoms with E-state index in [0.29, 0.717) is 32.1 Å². The predicted molar refractivity (Wildman–Crippen MR) is 169 cm³/mol. The van der Waals surface area contributed by atoms with Gasteiger partial charge in [0.05, 0.1) is 33.1 Å². The number of sulfonamides is 1. The minimum Gasteiger partial charge on any atom is -0.497 e. The van der Waals surface area contributed by atoms with Gasteiger partial charge in [-0.2, -0.15) is 4.31 Å². The molecule has 0 bridgehead atoms. The third kappa shape index (κ3) is 10.2. The second-order valence-electron chi connectivity index (χ2n) is 10.8. The number of methoxy groups -OCH3 is 1. The number of morpholine rings is 1. The first-order valence-corrected chi connectivity index (χ1v) is 16.6. The summed E-state index contributed by atoms with van der Waals surface area (Å²) in [6.07, 6.45) is 1.36. The molecule has 11 heteroatoms. The molecule has 0 spiro atoms. The lowest BCUT2D eigenvalue weighted by Gasteiger charge is -2.33. The molecule has 3 aromatic rings. The third-order valence-corrected chi connectivity index (χ3v) is 8.79. The van der Waals surface area contributed by atoms with E-state index in [0.717, 1.165) is 40.3 Å². The molecule has 0 radical (unpaired) electrons. The van der Waals surface area contributed by atoms with E-state index in [2.05, 4.69) is 10.2 Å². The molecule has 4 rings (SSSR count). The van der Waals surface area contributed by atoms with Crippen molar-refractivity contribution in [1.29, 1.82) is 0 Å². The van der Waals surface area contributed by atoms with E-state index < -0.39 is 28.5 Å². The Morgan fingerprint density at radius 3 is 2.07 bits per heavy atom. The molecule has 0 saturated carbocycles. The Labute approximate surface area is 260 Å². The van der Waals surface area contributed by atoms with Gasteiger partial charge in [-0.25, -0.2) is 8.42 Å². The maximum Gasteiger partial charge on any atom is 0.243 e. The molecule has 1 fully saturated rings. The highest BCUT2D eigenvalue weighted by Gasteiger charge is 2.33. The second-order valence-corrected chi connectivity index (χ2v) is 12.8. The normalized spacial score (nSPS) is 14.6. The predicted octanol–water partition coefficient (Wildman–Crippen LogP) is 2.55. The number of carbonyl (C=O) groups is 2. The van der Waals surface area contributed by atoms with Gasteiger partial charge < -0.3 is 19.7 Å². The molecule has 236 valence electrons. The molecule has 1 atom stereocenters. The Kier molecular flexibility index (Phi) is 12.3. The maximum atomic E-state index is 14.2. The summed E-state index contributed by atoms with van der Waals surface area (Å²) in [5.74, 6) is -0.0937. The van der Waals surface area contributed by atoms with Crippen LogP contribution in [0.2, 0.25) is 0 Å². The highest BCUT2D eigenvalue weighted by molar-refractivity contribution is 7.88. The number of ether oxygens (including phenoxy) is 2. The van der Waals surface area contributed by atoms with Crippen LogP contribution in [0.3, 0.4) is 0 Å². The van der Waals surface area contributed by atoms with Gasteiger partial charge in [0.25, 0.3) is 0 Å². The first-order chi connectivity index (χ1) is 21.2. The van der Waals surface area contributed by atoms with Crippen LogP contribution in [0.25, 0.3) is 0 Å². The molecule has 10 nitrogen and oxygen atoms in total. The zero-order valence-corrected chi connectivity index (χ0v) is 26.2. The molecular weight excluding hydrogens is 580 g/mol. The van der Waals surface area contributed by atoms with Crippen molar-refractivity contribution in [3.05, 3.63) is 102 Å². The van der Waals surface area contributed by atoms with Crippen LogP contribution in [0.15, 0.2) is 84.9 Å². The lowest BCUT2D eigenvalue weighted by molar-refractivity contribution is -0.141. The summed E-state index contributed by atoms with van der Waals surface area (Å²) in [5.41, 5.74) is 2.43. The van der Waals surface area contributed by atoms with Gasteiger partial charge in [-0.05, 0) is 28.8 Å². The molecule has 1 aliphatic heterocycles. The fourth-order valence-corrected chi connectivity index (χ4v) is 5.81. The van der Waals surface area contributed by atoms with Crippen molar-refractivity contribution in [2.45, 2.75) is 25.6 Å². The topological polar surface area (TPSA) is 108 Å². The van der Waals surface area contributed by atoms with Crippen LogP contribution < -0.4 is 10.1 Å². The van der Waals surface area contributed by atoms with E-state index in [4.69, 9.17) is 9.47 Å². The lowest BCUT2D eigenvalue weighted by atomic mass is 10.0. The average Bonchev–Trinajstić information content (AvgIpc) is 3.03. The van der Waals surface area contributed by atoms with Gasteiger partial charge in [-0.15, -0.1) is 0 Å². The quantitative estimate of drug-likeness (QED) is 0.278. The van der Waals surface area contributed by atoms with Gasteiger partial charge in [-0.1, -0.05) is 72.8 Å². The van der Waals surface area contributed by atoms with E-state index in [1.54, 1.807) is 19.2 Å². The van der Waals surface area contributed by atoms with Gasteiger partial charge in [-0.3, -0.25) is 14.5 Å². The number of nitrogens with zero attached hydrogens (tertiary/aromatic N) is 3. The molecule has 2 amide bonds. The van der Waals surface area contributed by atoms with Gasteiger partial charge >= 0.3 is 0 Å². The lowest BCUT2D eigenvalue weighted by Crippen LogP contribution is -2.54. The number of amides is 2. The molecule has 1 aliphatic rings. The zero-order chi connectivity index (χ0) is 31.4. The first-order valence-electron chi connectivity index (χ1n) is 14.8. The van der Waals surface area contributed by atoms with Crippen LogP contribution in [-0.2, 0) is 43.9 Å². The van der Waals surface area contributed by atoms with Crippen LogP contribution in [0.5, 0.6) is 5.75 Å². The standard InChI is InChI=1S/C33H42N4O6S/c1-42-30-15-13-29(14-16-30)25-37(32(38)26-36(44(2,40)41)24-28-11-7-4-8-12-28)31(23-27-9-5-3-6-10-27)33(39)34-17-18-35-19-21-43-22-20-35/h3-16,31H,17-26H2,1-2H3,(H,34,39)/t31-/m0/s1. The summed E-state index contributed by atoms with van der Waals surface area (Å²) in [4.78, 5) is 31.8.